The molecule has 0 aromatic rings. The standard InChI is InChI=1S/C5H8F2.Cl2O2S/c1-4-2-5(6,7)3-4;1-5(2,3)4/h4H,2-3H2,1H3;. The molecule has 0 atom stereocenters. The van der Waals surface area contributed by atoms with Gasteiger partial charge in [-0.3, -0.25) is 0 Å². The van der Waals surface area contributed by atoms with E-state index in [1.165, 1.54) is 0 Å². The number of hydrogen-bond donors (Lipinski definition) is 0. The summed E-state index contributed by atoms with van der Waals surface area (Å²) in [4.78, 5) is 0. The van der Waals surface area contributed by atoms with Crippen molar-refractivity contribution in [2.75, 3.05) is 0 Å². The van der Waals surface area contributed by atoms with Crippen LogP contribution in [0.4, 0.5) is 8.78 Å². The first-order valence-corrected chi connectivity index (χ1v) is 6.26. The maximum Gasteiger partial charge on any atom is 0.317 e. The van der Waals surface area contributed by atoms with E-state index < -0.39 is 14.2 Å². The maximum absolute atomic E-state index is 11.8. The summed E-state index contributed by atoms with van der Waals surface area (Å²) in [6.45, 7) is 1.84. The summed E-state index contributed by atoms with van der Waals surface area (Å²) in [6.07, 6.45) is 0.208. The Balaban J connectivity index is 0.000000217. The highest BCUT2D eigenvalue weighted by atomic mass is 36.0. The highest BCUT2D eigenvalue weighted by Crippen LogP contribution is 2.41. The third kappa shape index (κ3) is 8.49. The lowest BCUT2D eigenvalue weighted by Gasteiger charge is -2.31. The molecule has 0 saturated heterocycles. The molecule has 0 aliphatic heterocycles. The molecular weight excluding hydrogens is 233 g/mol. The SMILES string of the molecule is CC1CC(F)(F)C1.O=S(=O)(Cl)Cl. The molecule has 12 heavy (non-hydrogen) atoms. The van der Waals surface area contributed by atoms with Crippen LogP contribution < -0.4 is 0 Å². The van der Waals surface area contributed by atoms with E-state index in [0.717, 1.165) is 0 Å². The van der Waals surface area contributed by atoms with Gasteiger partial charge in [0, 0.05) is 34.2 Å². The Morgan fingerprint density at radius 2 is 1.58 bits per heavy atom. The fourth-order valence-electron chi connectivity index (χ4n) is 0.960. The normalized spacial score (nSPS) is 22.1. The van der Waals surface area contributed by atoms with Gasteiger partial charge in [-0.2, -0.15) is 8.42 Å². The molecule has 1 aliphatic rings. The van der Waals surface area contributed by atoms with E-state index in [9.17, 15) is 8.78 Å². The summed E-state index contributed by atoms with van der Waals surface area (Å²) < 4.78 is 41.9. The number of halogens is 4. The number of alkyl halides is 2. The van der Waals surface area contributed by atoms with Crippen LogP contribution in [0.5, 0.6) is 0 Å². The number of hydrogen-bond acceptors (Lipinski definition) is 2. The smallest absolute Gasteiger partial charge is 0.207 e. The van der Waals surface area contributed by atoms with Crippen molar-refractivity contribution in [3.63, 3.8) is 0 Å². The van der Waals surface area contributed by atoms with Crippen molar-refractivity contribution in [3.8, 4) is 0 Å². The fourth-order valence-corrected chi connectivity index (χ4v) is 0.960. The molecule has 0 radical (unpaired) electrons. The zero-order valence-electron chi connectivity index (χ0n) is 6.23. The Labute approximate surface area is 78.8 Å². The first kappa shape index (κ1) is 12.4. The average molecular weight is 241 g/mol. The van der Waals surface area contributed by atoms with Gasteiger partial charge in [0.25, 0.3) is 0 Å². The van der Waals surface area contributed by atoms with Gasteiger partial charge in [0.05, 0.1) is 0 Å². The van der Waals surface area contributed by atoms with Crippen LogP contribution in [0.15, 0.2) is 0 Å². The van der Waals surface area contributed by atoms with E-state index in [4.69, 9.17) is 8.42 Å². The van der Waals surface area contributed by atoms with E-state index in [1.807, 2.05) is 6.92 Å². The van der Waals surface area contributed by atoms with Crippen molar-refractivity contribution in [1.29, 1.82) is 0 Å². The average Bonchev–Trinajstić information content (AvgIpc) is 1.52. The van der Waals surface area contributed by atoms with Gasteiger partial charge in [0.2, 0.25) is 5.92 Å². The van der Waals surface area contributed by atoms with Gasteiger partial charge in [-0.1, -0.05) is 6.92 Å². The van der Waals surface area contributed by atoms with E-state index in [1.54, 1.807) is 0 Å². The molecule has 1 aliphatic carbocycles. The Hall–Kier alpha value is 0.390. The minimum absolute atomic E-state index is 0.104. The van der Waals surface area contributed by atoms with Crippen molar-refractivity contribution in [1.82, 2.24) is 0 Å². The van der Waals surface area contributed by atoms with Crippen LogP contribution in [0.1, 0.15) is 19.8 Å². The third-order valence-electron chi connectivity index (χ3n) is 1.29. The van der Waals surface area contributed by atoms with E-state index in [-0.39, 0.29) is 18.8 Å². The Kier molecular flexibility index (Phi) is 4.20. The fraction of sp³-hybridized carbons (Fsp3) is 1.00. The van der Waals surface area contributed by atoms with Crippen molar-refractivity contribution >= 4 is 29.6 Å². The Morgan fingerprint density at radius 1 is 1.33 bits per heavy atom. The van der Waals surface area contributed by atoms with Gasteiger partial charge >= 0.3 is 8.26 Å². The van der Waals surface area contributed by atoms with Crippen LogP contribution in [0.2, 0.25) is 0 Å². The molecule has 0 bridgehead atoms. The quantitative estimate of drug-likeness (QED) is 0.611. The van der Waals surface area contributed by atoms with Crippen LogP contribution in [0.25, 0.3) is 0 Å². The van der Waals surface area contributed by atoms with Crippen molar-refractivity contribution in [3.05, 3.63) is 0 Å². The molecule has 0 aromatic carbocycles. The summed E-state index contributed by atoms with van der Waals surface area (Å²) >= 11 is 0. The molecule has 0 aromatic heterocycles. The molecule has 0 spiro atoms. The van der Waals surface area contributed by atoms with E-state index in [0.29, 0.717) is 0 Å². The van der Waals surface area contributed by atoms with Crippen molar-refractivity contribution in [2.45, 2.75) is 25.7 Å². The predicted octanol–water partition coefficient (Wildman–Crippen LogP) is 2.76. The van der Waals surface area contributed by atoms with Gasteiger partial charge in [0.15, 0.2) is 0 Å². The second-order valence-corrected chi connectivity index (χ2v) is 6.42. The first-order chi connectivity index (χ1) is 5.10. The van der Waals surface area contributed by atoms with E-state index >= 15 is 0 Å². The Morgan fingerprint density at radius 3 is 1.58 bits per heavy atom. The lowest BCUT2D eigenvalue weighted by atomic mass is 9.83. The zero-order valence-corrected chi connectivity index (χ0v) is 8.56. The molecule has 0 unspecified atom stereocenters. The van der Waals surface area contributed by atoms with Crippen LogP contribution in [-0.4, -0.2) is 14.3 Å². The summed E-state index contributed by atoms with van der Waals surface area (Å²) in [5, 5.41) is 0. The zero-order chi connectivity index (χ0) is 9.99. The second-order valence-electron chi connectivity index (χ2n) is 2.75. The summed E-state index contributed by atoms with van der Waals surface area (Å²) in [5.74, 6) is -2.05. The minimum Gasteiger partial charge on any atom is -0.207 e. The molecule has 1 rings (SSSR count). The number of rotatable bonds is 0. The van der Waals surface area contributed by atoms with Gasteiger partial charge < -0.3 is 0 Å². The lowest BCUT2D eigenvalue weighted by Crippen LogP contribution is -2.33. The molecule has 2 nitrogen and oxygen atoms in total. The molecular formula is C5H8Cl2F2O2S. The van der Waals surface area contributed by atoms with Crippen molar-refractivity contribution < 1.29 is 17.2 Å². The largest absolute Gasteiger partial charge is 0.317 e. The van der Waals surface area contributed by atoms with Gasteiger partial charge in [-0.25, -0.2) is 8.78 Å². The predicted molar refractivity (Wildman–Crippen MR) is 44.0 cm³/mol. The molecule has 74 valence electrons. The summed E-state index contributed by atoms with van der Waals surface area (Å²) in [6, 6.07) is 0. The molecule has 0 N–H and O–H groups in total. The van der Waals surface area contributed by atoms with Crippen LogP contribution in [0.3, 0.4) is 0 Å². The van der Waals surface area contributed by atoms with Gasteiger partial charge in [-0.15, -0.1) is 0 Å². The van der Waals surface area contributed by atoms with Crippen LogP contribution >= 0.6 is 21.4 Å². The summed E-state index contributed by atoms with van der Waals surface area (Å²) in [7, 11) is 4.81. The molecule has 0 heterocycles. The molecule has 7 heteroatoms. The maximum atomic E-state index is 11.8. The molecule has 1 saturated carbocycles. The monoisotopic (exact) mass is 240 g/mol. The minimum atomic E-state index is -3.72. The lowest BCUT2D eigenvalue weighted by molar-refractivity contribution is -0.104. The first-order valence-electron chi connectivity index (χ1n) is 3.12. The van der Waals surface area contributed by atoms with Crippen LogP contribution in [-0.2, 0) is 8.26 Å². The highest BCUT2D eigenvalue weighted by molar-refractivity contribution is 8.31. The van der Waals surface area contributed by atoms with Gasteiger partial charge in [0.1, 0.15) is 0 Å². The van der Waals surface area contributed by atoms with Crippen molar-refractivity contribution in [2.24, 2.45) is 5.92 Å². The topological polar surface area (TPSA) is 34.1 Å². The van der Waals surface area contributed by atoms with E-state index in [2.05, 4.69) is 21.4 Å². The van der Waals surface area contributed by atoms with Crippen LogP contribution in [0, 0.1) is 5.92 Å². The molecule has 1 fully saturated rings. The second kappa shape index (κ2) is 4.07. The summed E-state index contributed by atoms with van der Waals surface area (Å²) in [5.41, 5.74) is 0. The third-order valence-corrected chi connectivity index (χ3v) is 1.29. The van der Waals surface area contributed by atoms with Gasteiger partial charge in [-0.05, 0) is 5.92 Å². The highest BCUT2D eigenvalue weighted by Gasteiger charge is 2.42. The Bertz CT molecular complexity index is 224. The molecule has 0 amide bonds.